The van der Waals surface area contributed by atoms with Gasteiger partial charge in [0.25, 0.3) is 5.91 Å². The van der Waals surface area contributed by atoms with Gasteiger partial charge in [0.2, 0.25) is 5.91 Å². The maximum Gasteiger partial charge on any atom is 0.328 e. The standard InChI is InChI=1S/C29H31Cl2N3O4/c1-6-10-26(35)34(25(28(37)38-5)15-18-17-32-23-14-8-7-11-19(18)23)24(27(36)33-29(2,3)4)16-20-21(30)12-9-13-22(20)31/h7-9,11-14,17,24-25,32H,15-16H2,1-5H3,(H,33,36)/t24-,25+/m1/s1. The molecule has 200 valence electrons. The summed E-state index contributed by atoms with van der Waals surface area (Å²) in [5.41, 5.74) is 1.51. The molecule has 0 bridgehead atoms. The monoisotopic (exact) mass is 555 g/mol. The first kappa shape index (κ1) is 29.1. The molecule has 38 heavy (non-hydrogen) atoms. The molecule has 0 fully saturated rings. The molecule has 0 aliphatic carbocycles. The Kier molecular flexibility index (Phi) is 9.48. The van der Waals surface area contributed by atoms with Crippen LogP contribution in [0.1, 0.15) is 38.8 Å². The molecule has 2 atom stereocenters. The van der Waals surface area contributed by atoms with Crippen LogP contribution in [0.25, 0.3) is 10.9 Å². The summed E-state index contributed by atoms with van der Waals surface area (Å²) in [6, 6.07) is 10.3. The number of methoxy groups -OCH3 is 1. The smallest absolute Gasteiger partial charge is 0.328 e. The molecule has 3 rings (SSSR count). The highest BCUT2D eigenvalue weighted by Crippen LogP contribution is 2.29. The minimum atomic E-state index is -1.17. The van der Waals surface area contributed by atoms with Crippen LogP contribution in [0.4, 0.5) is 0 Å². The largest absolute Gasteiger partial charge is 0.467 e. The fraction of sp³-hybridized carbons (Fsp3) is 0.345. The third-order valence-corrected chi connectivity index (χ3v) is 6.67. The van der Waals surface area contributed by atoms with Crippen LogP contribution in [0.2, 0.25) is 10.0 Å². The highest BCUT2D eigenvalue weighted by Gasteiger charge is 2.40. The summed E-state index contributed by atoms with van der Waals surface area (Å²) in [6.07, 6.45) is 1.83. The number of ether oxygens (including phenoxy) is 1. The van der Waals surface area contributed by atoms with E-state index in [1.54, 1.807) is 24.4 Å². The Balaban J connectivity index is 2.18. The zero-order valence-corrected chi connectivity index (χ0v) is 23.5. The van der Waals surface area contributed by atoms with Gasteiger partial charge in [0, 0.05) is 45.5 Å². The normalized spacial score (nSPS) is 12.7. The van der Waals surface area contributed by atoms with Crippen molar-refractivity contribution in [3.63, 3.8) is 0 Å². The quantitative estimate of drug-likeness (QED) is 0.304. The fourth-order valence-corrected chi connectivity index (χ4v) is 4.85. The van der Waals surface area contributed by atoms with E-state index in [9.17, 15) is 14.4 Å². The molecule has 2 N–H and O–H groups in total. The lowest BCUT2D eigenvalue weighted by Crippen LogP contribution is -2.59. The Labute approximate surface area is 232 Å². The second-order valence-corrected chi connectivity index (χ2v) is 10.7. The minimum absolute atomic E-state index is 0.0427. The lowest BCUT2D eigenvalue weighted by molar-refractivity contribution is -0.155. The van der Waals surface area contributed by atoms with Crippen molar-refractivity contribution in [2.24, 2.45) is 0 Å². The number of aromatic amines is 1. The van der Waals surface area contributed by atoms with Crippen LogP contribution >= 0.6 is 23.2 Å². The maximum absolute atomic E-state index is 13.8. The number of nitrogens with zero attached hydrogens (tertiary/aromatic N) is 1. The second-order valence-electron chi connectivity index (χ2n) is 9.85. The van der Waals surface area contributed by atoms with Gasteiger partial charge in [-0.1, -0.05) is 53.4 Å². The number of H-pyrrole nitrogens is 1. The van der Waals surface area contributed by atoms with E-state index in [0.717, 1.165) is 16.5 Å². The molecular weight excluding hydrogens is 525 g/mol. The summed E-state index contributed by atoms with van der Waals surface area (Å²) in [5, 5.41) is 4.50. The summed E-state index contributed by atoms with van der Waals surface area (Å²) < 4.78 is 5.14. The van der Waals surface area contributed by atoms with E-state index >= 15 is 0 Å². The maximum atomic E-state index is 13.8. The number of benzene rings is 2. The lowest BCUT2D eigenvalue weighted by atomic mass is 9.97. The SMILES string of the molecule is CC#CC(=O)N([C@H](Cc1c(Cl)cccc1Cl)C(=O)NC(C)(C)C)[C@@H](Cc1c[nH]c2ccccc12)C(=O)OC. The van der Waals surface area contributed by atoms with Crippen LogP contribution in [0, 0.1) is 11.8 Å². The molecule has 0 saturated carbocycles. The van der Waals surface area contributed by atoms with Crippen molar-refractivity contribution >= 4 is 51.9 Å². The highest BCUT2D eigenvalue weighted by molar-refractivity contribution is 6.36. The number of hydrogen-bond acceptors (Lipinski definition) is 4. The molecular formula is C29H31Cl2N3O4. The molecule has 0 radical (unpaired) electrons. The van der Waals surface area contributed by atoms with Crippen LogP contribution < -0.4 is 5.32 Å². The number of esters is 1. The number of fused-ring (bicyclic) bond motifs is 1. The first-order valence-electron chi connectivity index (χ1n) is 12.1. The van der Waals surface area contributed by atoms with Gasteiger partial charge in [0.05, 0.1) is 7.11 Å². The molecule has 1 aromatic heterocycles. The van der Waals surface area contributed by atoms with Crippen LogP contribution in [0.5, 0.6) is 0 Å². The molecule has 0 spiro atoms. The van der Waals surface area contributed by atoms with Gasteiger partial charge >= 0.3 is 5.97 Å². The number of nitrogens with one attached hydrogen (secondary N) is 2. The van der Waals surface area contributed by atoms with Crippen LogP contribution in [-0.2, 0) is 32.0 Å². The molecule has 2 amide bonds. The second kappa shape index (κ2) is 12.4. The number of carbonyl (C=O) groups is 3. The Bertz CT molecular complexity index is 1380. The predicted molar refractivity (Wildman–Crippen MR) is 150 cm³/mol. The molecule has 0 unspecified atom stereocenters. The van der Waals surface area contributed by atoms with E-state index in [0.29, 0.717) is 15.6 Å². The van der Waals surface area contributed by atoms with Gasteiger partial charge in [-0.3, -0.25) is 9.59 Å². The van der Waals surface area contributed by atoms with E-state index in [4.69, 9.17) is 27.9 Å². The van der Waals surface area contributed by atoms with Crippen molar-refractivity contribution in [3.05, 3.63) is 69.8 Å². The van der Waals surface area contributed by atoms with Crippen molar-refractivity contribution in [1.29, 1.82) is 0 Å². The number of halogens is 2. The number of amides is 2. The summed E-state index contributed by atoms with van der Waals surface area (Å²) >= 11 is 12.9. The number of hydrogen-bond donors (Lipinski definition) is 2. The first-order chi connectivity index (χ1) is 18.0. The molecule has 0 aliphatic heterocycles. The Hall–Kier alpha value is -3.47. The highest BCUT2D eigenvalue weighted by atomic mass is 35.5. The zero-order chi connectivity index (χ0) is 28.0. The third kappa shape index (κ3) is 6.89. The minimum Gasteiger partial charge on any atom is -0.467 e. The van der Waals surface area contributed by atoms with Gasteiger partial charge < -0.3 is 19.9 Å². The number of aromatic nitrogens is 1. The van der Waals surface area contributed by atoms with E-state index in [1.165, 1.54) is 18.9 Å². The molecule has 0 aliphatic rings. The fourth-order valence-electron chi connectivity index (χ4n) is 4.30. The average Bonchev–Trinajstić information content (AvgIpc) is 3.26. The van der Waals surface area contributed by atoms with Crippen molar-refractivity contribution in [1.82, 2.24) is 15.2 Å². The number of carbonyl (C=O) groups excluding carboxylic acids is 3. The summed E-state index contributed by atoms with van der Waals surface area (Å²) in [4.78, 5) is 45.0. The number of para-hydroxylation sites is 1. The van der Waals surface area contributed by atoms with Crippen LogP contribution in [0.3, 0.4) is 0 Å². The van der Waals surface area contributed by atoms with Gasteiger partial charge in [0.1, 0.15) is 12.1 Å². The molecule has 1 heterocycles. The van der Waals surface area contributed by atoms with Gasteiger partial charge in [-0.15, -0.1) is 0 Å². The number of rotatable bonds is 8. The van der Waals surface area contributed by atoms with Crippen molar-refractivity contribution in [2.45, 2.75) is 58.2 Å². The predicted octanol–water partition coefficient (Wildman–Crippen LogP) is 4.94. The van der Waals surface area contributed by atoms with Gasteiger partial charge in [-0.25, -0.2) is 4.79 Å². The van der Waals surface area contributed by atoms with E-state index in [-0.39, 0.29) is 12.8 Å². The Morgan fingerprint density at radius 1 is 1.03 bits per heavy atom. The molecule has 7 nitrogen and oxygen atoms in total. The molecule has 9 heteroatoms. The third-order valence-electron chi connectivity index (χ3n) is 5.96. The average molecular weight is 556 g/mol. The Morgan fingerprint density at radius 2 is 1.68 bits per heavy atom. The topological polar surface area (TPSA) is 91.5 Å². The van der Waals surface area contributed by atoms with Crippen molar-refractivity contribution in [2.75, 3.05) is 7.11 Å². The van der Waals surface area contributed by atoms with E-state index in [2.05, 4.69) is 22.1 Å². The van der Waals surface area contributed by atoms with E-state index in [1.807, 2.05) is 45.0 Å². The van der Waals surface area contributed by atoms with Gasteiger partial charge in [-0.05, 0) is 62.9 Å². The van der Waals surface area contributed by atoms with Crippen LogP contribution in [-0.4, -0.2) is 52.4 Å². The molecule has 2 aromatic carbocycles. The van der Waals surface area contributed by atoms with Crippen molar-refractivity contribution < 1.29 is 19.1 Å². The summed E-state index contributed by atoms with van der Waals surface area (Å²) in [6.45, 7) is 6.99. The summed E-state index contributed by atoms with van der Waals surface area (Å²) in [7, 11) is 1.24. The molecule has 0 saturated heterocycles. The molecule has 3 aromatic rings. The van der Waals surface area contributed by atoms with Gasteiger partial charge in [-0.2, -0.15) is 0 Å². The lowest BCUT2D eigenvalue weighted by Gasteiger charge is -2.36. The summed E-state index contributed by atoms with van der Waals surface area (Å²) in [5.74, 6) is 3.25. The first-order valence-corrected chi connectivity index (χ1v) is 12.8. The van der Waals surface area contributed by atoms with Crippen LogP contribution in [0.15, 0.2) is 48.7 Å². The van der Waals surface area contributed by atoms with Gasteiger partial charge in [0.15, 0.2) is 0 Å². The Morgan fingerprint density at radius 3 is 2.29 bits per heavy atom. The zero-order valence-electron chi connectivity index (χ0n) is 22.0. The van der Waals surface area contributed by atoms with Crippen molar-refractivity contribution in [3.8, 4) is 11.8 Å². The van der Waals surface area contributed by atoms with E-state index < -0.39 is 35.4 Å².